The van der Waals surface area contributed by atoms with Crippen LogP contribution in [-0.2, 0) is 13.6 Å². The van der Waals surface area contributed by atoms with Crippen LogP contribution < -0.4 is 4.57 Å². The third kappa shape index (κ3) is 2.20. The van der Waals surface area contributed by atoms with E-state index in [1.165, 1.54) is 22.8 Å². The van der Waals surface area contributed by atoms with Crippen molar-refractivity contribution in [3.63, 3.8) is 0 Å². The van der Waals surface area contributed by atoms with E-state index in [0.717, 1.165) is 6.54 Å². The van der Waals surface area contributed by atoms with Crippen LogP contribution in [0.1, 0.15) is 42.5 Å². The largest absolute Gasteiger partial charge is 0.259 e. The van der Waals surface area contributed by atoms with E-state index in [0.29, 0.717) is 5.92 Å². The highest BCUT2D eigenvalue weighted by Gasteiger charge is 2.25. The first-order valence-corrected chi connectivity index (χ1v) is 6.62. The molecule has 0 fully saturated rings. The fourth-order valence-electron chi connectivity index (χ4n) is 2.63. The minimum Gasteiger partial charge on any atom is -0.234 e. The topological polar surface area (TPSA) is 8.81 Å². The van der Waals surface area contributed by atoms with Gasteiger partial charge >= 0.3 is 0 Å². The quantitative estimate of drug-likeness (QED) is 0.733. The third-order valence-electron chi connectivity index (χ3n) is 3.75. The Kier molecular flexibility index (Phi) is 3.55. The number of nitrogens with zero attached hydrogens (tertiary/aromatic N) is 2. The molecule has 18 heavy (non-hydrogen) atoms. The van der Waals surface area contributed by atoms with Crippen LogP contribution >= 0.6 is 0 Å². The number of benzene rings is 1. The van der Waals surface area contributed by atoms with Crippen molar-refractivity contribution in [3.8, 4) is 0 Å². The van der Waals surface area contributed by atoms with Crippen LogP contribution in [0.25, 0.3) is 0 Å². The Labute approximate surface area is 110 Å². The molecule has 1 heterocycles. The summed E-state index contributed by atoms with van der Waals surface area (Å²) < 4.78 is 4.76. The van der Waals surface area contributed by atoms with E-state index in [1.54, 1.807) is 0 Å². The van der Waals surface area contributed by atoms with Gasteiger partial charge in [-0.05, 0) is 5.56 Å². The highest BCUT2D eigenvalue weighted by Crippen LogP contribution is 2.15. The second-order valence-corrected chi connectivity index (χ2v) is 5.31. The molecular weight excluding hydrogens is 220 g/mol. The van der Waals surface area contributed by atoms with Gasteiger partial charge in [0, 0.05) is 13.8 Å². The number of rotatable bonds is 3. The van der Waals surface area contributed by atoms with Gasteiger partial charge in [-0.2, -0.15) is 0 Å². The predicted octanol–water partition coefficient (Wildman–Crippen LogP) is 3.10. The molecule has 0 aliphatic rings. The number of hydrogen-bond donors (Lipinski definition) is 0. The van der Waals surface area contributed by atoms with Crippen molar-refractivity contribution in [2.75, 3.05) is 0 Å². The van der Waals surface area contributed by atoms with Crippen molar-refractivity contribution in [1.82, 2.24) is 4.57 Å². The Morgan fingerprint density at radius 2 is 1.72 bits per heavy atom. The predicted molar refractivity (Wildman–Crippen MR) is 74.7 cm³/mol. The van der Waals surface area contributed by atoms with Crippen molar-refractivity contribution >= 4 is 0 Å². The van der Waals surface area contributed by atoms with Gasteiger partial charge in [0.1, 0.15) is 17.9 Å². The van der Waals surface area contributed by atoms with Gasteiger partial charge in [0.25, 0.3) is 5.82 Å². The smallest absolute Gasteiger partial charge is 0.234 e. The summed E-state index contributed by atoms with van der Waals surface area (Å²) in [5, 5.41) is 0. The van der Waals surface area contributed by atoms with Gasteiger partial charge in [-0.15, -0.1) is 0 Å². The van der Waals surface area contributed by atoms with Gasteiger partial charge in [-0.3, -0.25) is 0 Å². The van der Waals surface area contributed by atoms with Gasteiger partial charge < -0.3 is 0 Å². The maximum Gasteiger partial charge on any atom is 0.259 e. The van der Waals surface area contributed by atoms with E-state index < -0.39 is 0 Å². The lowest BCUT2D eigenvalue weighted by Gasteiger charge is -2.06. The molecule has 0 radical (unpaired) electrons. The van der Waals surface area contributed by atoms with E-state index in [9.17, 15) is 0 Å². The molecule has 0 atom stereocenters. The standard InChI is InChI=1S/C16H23N2/c1-12(2)16-17(5)13(3)14(4)18(16)11-15-9-7-6-8-10-15/h6-10,12H,11H2,1-5H3/q+1. The summed E-state index contributed by atoms with van der Waals surface area (Å²) in [4.78, 5) is 0. The van der Waals surface area contributed by atoms with E-state index in [-0.39, 0.29) is 0 Å². The summed E-state index contributed by atoms with van der Waals surface area (Å²) in [6, 6.07) is 10.7. The molecule has 0 spiro atoms. The van der Waals surface area contributed by atoms with Crippen LogP contribution in [-0.4, -0.2) is 4.57 Å². The van der Waals surface area contributed by atoms with E-state index in [4.69, 9.17) is 0 Å². The first-order valence-electron chi connectivity index (χ1n) is 6.62. The molecule has 1 aromatic heterocycles. The zero-order chi connectivity index (χ0) is 13.3. The van der Waals surface area contributed by atoms with Gasteiger partial charge in [0.05, 0.1) is 13.0 Å². The average Bonchev–Trinajstić information content (AvgIpc) is 2.56. The molecule has 0 saturated heterocycles. The average molecular weight is 243 g/mol. The minimum atomic E-state index is 0.533. The molecule has 0 saturated carbocycles. The highest BCUT2D eigenvalue weighted by atomic mass is 15.2. The maximum atomic E-state index is 2.44. The van der Waals surface area contributed by atoms with E-state index >= 15 is 0 Å². The zero-order valence-electron chi connectivity index (χ0n) is 12.1. The highest BCUT2D eigenvalue weighted by molar-refractivity contribution is 5.15. The molecule has 2 rings (SSSR count). The Morgan fingerprint density at radius 3 is 2.28 bits per heavy atom. The molecule has 0 N–H and O–H groups in total. The second kappa shape index (κ2) is 4.97. The fourth-order valence-corrected chi connectivity index (χ4v) is 2.63. The molecule has 0 aliphatic heterocycles. The van der Waals surface area contributed by atoms with Gasteiger partial charge in [0.2, 0.25) is 0 Å². The lowest BCUT2D eigenvalue weighted by atomic mass is 10.2. The van der Waals surface area contributed by atoms with Crippen molar-refractivity contribution in [1.29, 1.82) is 0 Å². The monoisotopic (exact) mass is 243 g/mol. The molecule has 2 aromatic rings. The summed E-state index contributed by atoms with van der Waals surface area (Å²) in [7, 11) is 2.17. The van der Waals surface area contributed by atoms with E-state index in [2.05, 4.69) is 74.2 Å². The van der Waals surface area contributed by atoms with Crippen LogP contribution in [0.3, 0.4) is 0 Å². The number of aromatic nitrogens is 2. The van der Waals surface area contributed by atoms with Crippen molar-refractivity contribution in [3.05, 3.63) is 53.1 Å². The Morgan fingerprint density at radius 1 is 1.11 bits per heavy atom. The lowest BCUT2D eigenvalue weighted by molar-refractivity contribution is -0.702. The normalized spacial score (nSPS) is 11.2. The van der Waals surface area contributed by atoms with Crippen molar-refractivity contribution in [2.45, 2.75) is 40.2 Å². The zero-order valence-corrected chi connectivity index (χ0v) is 12.1. The fraction of sp³-hybridized carbons (Fsp3) is 0.438. The molecule has 0 aliphatic carbocycles. The molecular formula is C16H23N2+. The van der Waals surface area contributed by atoms with Crippen LogP contribution in [0, 0.1) is 13.8 Å². The minimum absolute atomic E-state index is 0.533. The summed E-state index contributed by atoms with van der Waals surface area (Å²) in [5.74, 6) is 1.93. The Balaban J connectivity index is 2.47. The van der Waals surface area contributed by atoms with Crippen LogP contribution in [0.4, 0.5) is 0 Å². The third-order valence-corrected chi connectivity index (χ3v) is 3.75. The SMILES string of the molecule is Cc1c(C)[n+](Cc2ccccc2)c(C(C)C)n1C. The molecule has 2 heteroatoms. The molecule has 0 bridgehead atoms. The summed E-state index contributed by atoms with van der Waals surface area (Å²) in [6.45, 7) is 9.89. The summed E-state index contributed by atoms with van der Waals surface area (Å²) in [5.41, 5.74) is 4.08. The van der Waals surface area contributed by atoms with Gasteiger partial charge in [0.15, 0.2) is 0 Å². The Hall–Kier alpha value is -1.57. The van der Waals surface area contributed by atoms with E-state index in [1.807, 2.05) is 0 Å². The summed E-state index contributed by atoms with van der Waals surface area (Å²) in [6.07, 6.45) is 0. The van der Waals surface area contributed by atoms with Crippen LogP contribution in [0.5, 0.6) is 0 Å². The molecule has 96 valence electrons. The van der Waals surface area contributed by atoms with Crippen molar-refractivity contribution in [2.24, 2.45) is 7.05 Å². The number of imidazole rings is 1. The van der Waals surface area contributed by atoms with Gasteiger partial charge in [-0.1, -0.05) is 44.2 Å². The second-order valence-electron chi connectivity index (χ2n) is 5.31. The molecule has 2 nitrogen and oxygen atoms in total. The van der Waals surface area contributed by atoms with Gasteiger partial charge in [-0.25, -0.2) is 9.13 Å². The molecule has 0 unspecified atom stereocenters. The first kappa shape index (κ1) is 12.9. The summed E-state index contributed by atoms with van der Waals surface area (Å²) >= 11 is 0. The Bertz CT molecular complexity index is 536. The van der Waals surface area contributed by atoms with Crippen LogP contribution in [0.2, 0.25) is 0 Å². The maximum absolute atomic E-state index is 2.44. The molecule has 0 amide bonds. The number of hydrogen-bond acceptors (Lipinski definition) is 0. The van der Waals surface area contributed by atoms with Crippen molar-refractivity contribution < 1.29 is 4.57 Å². The first-order chi connectivity index (χ1) is 8.52. The molecule has 1 aromatic carbocycles. The lowest BCUT2D eigenvalue weighted by Crippen LogP contribution is -2.41. The van der Waals surface area contributed by atoms with Crippen LogP contribution in [0.15, 0.2) is 30.3 Å².